The maximum atomic E-state index is 12.6. The molecule has 1 aromatic heterocycles. The maximum Gasteiger partial charge on any atom is 0.416 e. The molecule has 0 fully saturated rings. The topological polar surface area (TPSA) is 42.2 Å². The molecule has 6 heteroatoms. The first-order chi connectivity index (χ1) is 10.4. The highest BCUT2D eigenvalue weighted by atomic mass is 19.4. The van der Waals surface area contributed by atoms with Gasteiger partial charge in [0.1, 0.15) is 5.69 Å². The number of fused-ring (bicyclic) bond motifs is 1. The molecule has 3 rings (SSSR count). The van der Waals surface area contributed by atoms with Crippen molar-refractivity contribution < 1.29 is 23.1 Å². The molecule has 0 saturated heterocycles. The van der Waals surface area contributed by atoms with E-state index in [1.54, 1.807) is 24.3 Å². The Balaban J connectivity index is 2.21. The number of carboxylic acids is 1. The average Bonchev–Trinajstić information content (AvgIpc) is 2.86. The van der Waals surface area contributed by atoms with Gasteiger partial charge in [0.05, 0.1) is 11.1 Å². The first kappa shape index (κ1) is 14.2. The van der Waals surface area contributed by atoms with Gasteiger partial charge in [-0.05, 0) is 36.4 Å². The van der Waals surface area contributed by atoms with Crippen LogP contribution in [0.4, 0.5) is 13.2 Å². The fraction of sp³-hybridized carbons (Fsp3) is 0.0625. The quantitative estimate of drug-likeness (QED) is 0.765. The number of halogens is 3. The van der Waals surface area contributed by atoms with Crippen molar-refractivity contribution in [3.63, 3.8) is 0 Å². The fourth-order valence-electron chi connectivity index (χ4n) is 2.39. The van der Waals surface area contributed by atoms with Crippen molar-refractivity contribution in [3.05, 3.63) is 65.9 Å². The van der Waals surface area contributed by atoms with Gasteiger partial charge in [-0.15, -0.1) is 0 Å². The van der Waals surface area contributed by atoms with E-state index in [9.17, 15) is 23.1 Å². The highest BCUT2D eigenvalue weighted by Crippen LogP contribution is 2.31. The van der Waals surface area contributed by atoms with E-state index in [2.05, 4.69) is 0 Å². The summed E-state index contributed by atoms with van der Waals surface area (Å²) in [4.78, 5) is 11.4. The molecule has 3 nitrogen and oxygen atoms in total. The molecule has 0 bridgehead atoms. The lowest BCUT2D eigenvalue weighted by Gasteiger charge is -2.11. The molecular formula is C16H10F3NO2. The number of hydrogen-bond acceptors (Lipinski definition) is 1. The summed E-state index contributed by atoms with van der Waals surface area (Å²) in [5.41, 5.74) is 0.219. The van der Waals surface area contributed by atoms with Crippen molar-refractivity contribution in [2.24, 2.45) is 0 Å². The number of hydrogen-bond donors (Lipinski definition) is 1. The van der Waals surface area contributed by atoms with E-state index in [1.165, 1.54) is 22.8 Å². The predicted octanol–water partition coefficient (Wildman–Crippen LogP) is 4.35. The molecule has 0 unspecified atom stereocenters. The van der Waals surface area contributed by atoms with E-state index in [-0.39, 0.29) is 5.69 Å². The van der Waals surface area contributed by atoms with E-state index in [1.807, 2.05) is 0 Å². The lowest BCUT2D eigenvalue weighted by molar-refractivity contribution is -0.137. The number of alkyl halides is 3. The summed E-state index contributed by atoms with van der Waals surface area (Å²) in [7, 11) is 0. The Bertz CT molecular complexity index is 848. The SMILES string of the molecule is O=C(O)c1cc2ccccc2n1-c1ccc(C(F)(F)F)cc1. The van der Waals surface area contributed by atoms with Crippen LogP contribution in [0.5, 0.6) is 0 Å². The third kappa shape index (κ3) is 2.32. The molecule has 0 saturated carbocycles. The Morgan fingerprint density at radius 3 is 2.23 bits per heavy atom. The number of aromatic carboxylic acids is 1. The standard InChI is InChI=1S/C16H10F3NO2/c17-16(18,19)11-5-7-12(8-6-11)20-13-4-2-1-3-10(13)9-14(20)15(21)22/h1-9H,(H,21,22). The minimum Gasteiger partial charge on any atom is -0.477 e. The Morgan fingerprint density at radius 2 is 1.64 bits per heavy atom. The minimum absolute atomic E-state index is 0.000888. The van der Waals surface area contributed by atoms with E-state index in [4.69, 9.17) is 0 Å². The average molecular weight is 305 g/mol. The molecular weight excluding hydrogens is 295 g/mol. The van der Waals surface area contributed by atoms with Crippen LogP contribution >= 0.6 is 0 Å². The third-order valence-electron chi connectivity index (χ3n) is 3.38. The van der Waals surface area contributed by atoms with E-state index >= 15 is 0 Å². The van der Waals surface area contributed by atoms with Gasteiger partial charge in [-0.1, -0.05) is 18.2 Å². The second-order valence-electron chi connectivity index (χ2n) is 4.77. The summed E-state index contributed by atoms with van der Waals surface area (Å²) in [6.45, 7) is 0. The molecule has 0 aliphatic heterocycles. The number of rotatable bonds is 2. The zero-order valence-corrected chi connectivity index (χ0v) is 11.1. The number of para-hydroxylation sites is 1. The van der Waals surface area contributed by atoms with Gasteiger partial charge in [0, 0.05) is 11.1 Å². The summed E-state index contributed by atoms with van der Waals surface area (Å²) in [6, 6.07) is 12.9. The smallest absolute Gasteiger partial charge is 0.416 e. The van der Waals surface area contributed by atoms with Gasteiger partial charge in [0.2, 0.25) is 0 Å². The lowest BCUT2D eigenvalue weighted by Crippen LogP contribution is -2.08. The summed E-state index contributed by atoms with van der Waals surface area (Å²) < 4.78 is 39.3. The van der Waals surface area contributed by atoms with Gasteiger partial charge in [-0.2, -0.15) is 13.2 Å². The molecule has 0 amide bonds. The third-order valence-corrected chi connectivity index (χ3v) is 3.38. The molecule has 22 heavy (non-hydrogen) atoms. The van der Waals surface area contributed by atoms with Gasteiger partial charge >= 0.3 is 12.1 Å². The van der Waals surface area contributed by atoms with Gasteiger partial charge in [0.15, 0.2) is 0 Å². The molecule has 1 heterocycles. The van der Waals surface area contributed by atoms with E-state index < -0.39 is 17.7 Å². The number of benzene rings is 2. The number of aromatic nitrogens is 1. The van der Waals surface area contributed by atoms with Crippen LogP contribution in [0.2, 0.25) is 0 Å². The second-order valence-corrected chi connectivity index (χ2v) is 4.77. The molecule has 0 atom stereocenters. The Labute approximate surface area is 123 Å². The number of nitrogens with zero attached hydrogens (tertiary/aromatic N) is 1. The van der Waals surface area contributed by atoms with Crippen LogP contribution in [0.3, 0.4) is 0 Å². The van der Waals surface area contributed by atoms with Gasteiger partial charge in [-0.3, -0.25) is 0 Å². The molecule has 0 radical (unpaired) electrons. The van der Waals surface area contributed by atoms with Crippen LogP contribution in [0.15, 0.2) is 54.6 Å². The predicted molar refractivity (Wildman–Crippen MR) is 75.2 cm³/mol. The highest BCUT2D eigenvalue weighted by Gasteiger charge is 2.30. The van der Waals surface area contributed by atoms with Crippen molar-refractivity contribution in [2.75, 3.05) is 0 Å². The monoisotopic (exact) mass is 305 g/mol. The summed E-state index contributed by atoms with van der Waals surface area (Å²) >= 11 is 0. The molecule has 0 spiro atoms. The summed E-state index contributed by atoms with van der Waals surface area (Å²) in [6.07, 6.45) is -4.42. The largest absolute Gasteiger partial charge is 0.477 e. The van der Waals surface area contributed by atoms with Crippen molar-refractivity contribution >= 4 is 16.9 Å². The molecule has 112 valence electrons. The zero-order chi connectivity index (χ0) is 15.9. The Hall–Kier alpha value is -2.76. The summed E-state index contributed by atoms with van der Waals surface area (Å²) in [5, 5.41) is 10.0. The van der Waals surface area contributed by atoms with Crippen molar-refractivity contribution in [1.82, 2.24) is 4.57 Å². The maximum absolute atomic E-state index is 12.6. The zero-order valence-electron chi connectivity index (χ0n) is 11.1. The molecule has 2 aromatic carbocycles. The van der Waals surface area contributed by atoms with Crippen LogP contribution in [0.25, 0.3) is 16.6 Å². The number of carbonyl (C=O) groups is 1. The molecule has 3 aromatic rings. The van der Waals surface area contributed by atoms with Crippen LogP contribution in [0.1, 0.15) is 16.1 Å². The molecule has 1 N–H and O–H groups in total. The normalized spacial score (nSPS) is 11.8. The van der Waals surface area contributed by atoms with Crippen LogP contribution in [-0.2, 0) is 6.18 Å². The Kier molecular flexibility index (Phi) is 3.16. The van der Waals surface area contributed by atoms with Crippen molar-refractivity contribution in [3.8, 4) is 5.69 Å². The van der Waals surface area contributed by atoms with E-state index in [0.717, 1.165) is 12.1 Å². The molecule has 0 aliphatic rings. The van der Waals surface area contributed by atoms with Gasteiger partial charge in [-0.25, -0.2) is 4.79 Å². The van der Waals surface area contributed by atoms with Crippen LogP contribution < -0.4 is 0 Å². The van der Waals surface area contributed by atoms with E-state index in [0.29, 0.717) is 16.6 Å². The van der Waals surface area contributed by atoms with Crippen molar-refractivity contribution in [2.45, 2.75) is 6.18 Å². The fourth-order valence-corrected chi connectivity index (χ4v) is 2.39. The minimum atomic E-state index is -4.42. The second kappa shape index (κ2) is 4.91. The van der Waals surface area contributed by atoms with Gasteiger partial charge < -0.3 is 9.67 Å². The van der Waals surface area contributed by atoms with Gasteiger partial charge in [0.25, 0.3) is 0 Å². The number of carboxylic acid groups (broad SMARTS) is 1. The first-order valence-electron chi connectivity index (χ1n) is 6.39. The van der Waals surface area contributed by atoms with Crippen molar-refractivity contribution in [1.29, 1.82) is 0 Å². The first-order valence-corrected chi connectivity index (χ1v) is 6.39. The molecule has 0 aliphatic carbocycles. The summed E-state index contributed by atoms with van der Waals surface area (Å²) in [5.74, 6) is -1.14. The van der Waals surface area contributed by atoms with Crippen LogP contribution in [-0.4, -0.2) is 15.6 Å². The lowest BCUT2D eigenvalue weighted by atomic mass is 10.2. The Morgan fingerprint density at radius 1 is 1.00 bits per heavy atom. The highest BCUT2D eigenvalue weighted by molar-refractivity contribution is 5.96. The van der Waals surface area contributed by atoms with Crippen LogP contribution in [0, 0.1) is 0 Å².